The van der Waals surface area contributed by atoms with E-state index in [1.165, 1.54) is 11.8 Å². The van der Waals surface area contributed by atoms with Crippen LogP contribution >= 0.6 is 23.4 Å². The van der Waals surface area contributed by atoms with Crippen LogP contribution in [0.3, 0.4) is 0 Å². The number of nitrogens with zero attached hydrogens (tertiary/aromatic N) is 4. The highest BCUT2D eigenvalue weighted by atomic mass is 35.5. The van der Waals surface area contributed by atoms with Gasteiger partial charge >= 0.3 is 0 Å². The number of carbonyl (C=O) groups excluding carboxylic acids is 2. The molecule has 3 aromatic rings. The van der Waals surface area contributed by atoms with Gasteiger partial charge < -0.3 is 14.8 Å². The zero-order chi connectivity index (χ0) is 24.9. The first kappa shape index (κ1) is 25.3. The van der Waals surface area contributed by atoms with Crippen molar-refractivity contribution in [1.82, 2.24) is 19.7 Å². The van der Waals surface area contributed by atoms with E-state index in [2.05, 4.69) is 22.4 Å². The summed E-state index contributed by atoms with van der Waals surface area (Å²) in [5.74, 6) is 0.799. The Balaban J connectivity index is 1.48. The molecule has 1 saturated heterocycles. The van der Waals surface area contributed by atoms with Crippen LogP contribution in [0.5, 0.6) is 0 Å². The fourth-order valence-electron chi connectivity index (χ4n) is 4.53. The molecule has 2 amide bonds. The number of halogens is 1. The molecule has 1 atom stereocenters. The van der Waals surface area contributed by atoms with Crippen molar-refractivity contribution in [1.29, 1.82) is 0 Å². The number of aryl methyl sites for hydroxylation is 2. The standard InChI is InChI=1S/C26H30ClN5O2S/c1-4-18-11-8-10-17(3)23(18)28-22(33)16-35-26-30-29-24(31(26)5-2)21-14-9-15-32(21)25(34)19-12-6-7-13-20(19)27/h6-8,10-13,21H,4-5,9,14-16H2,1-3H3,(H,28,33). The molecule has 1 N–H and O–H groups in total. The Morgan fingerprint density at radius 1 is 1.14 bits per heavy atom. The first-order valence-corrected chi connectivity index (χ1v) is 13.3. The quantitative estimate of drug-likeness (QED) is 0.402. The molecule has 2 heterocycles. The minimum Gasteiger partial charge on any atom is -0.328 e. The third kappa shape index (κ3) is 5.38. The number of nitrogens with one attached hydrogen (secondary N) is 1. The summed E-state index contributed by atoms with van der Waals surface area (Å²) < 4.78 is 2.01. The molecule has 1 aromatic heterocycles. The molecule has 4 rings (SSSR count). The number of carbonyl (C=O) groups is 2. The molecule has 1 fully saturated rings. The molecule has 1 unspecified atom stereocenters. The normalized spacial score (nSPS) is 15.4. The number of aromatic nitrogens is 3. The van der Waals surface area contributed by atoms with Gasteiger partial charge in [-0.1, -0.05) is 60.6 Å². The Morgan fingerprint density at radius 2 is 1.94 bits per heavy atom. The molecule has 1 aliphatic rings. The molecule has 0 spiro atoms. The number of anilines is 1. The van der Waals surface area contributed by atoms with E-state index in [0.717, 1.165) is 41.9 Å². The lowest BCUT2D eigenvalue weighted by Crippen LogP contribution is -2.32. The summed E-state index contributed by atoms with van der Waals surface area (Å²) in [7, 11) is 0. The smallest absolute Gasteiger partial charge is 0.255 e. The second-order valence-corrected chi connectivity index (χ2v) is 9.87. The van der Waals surface area contributed by atoms with Crippen molar-refractivity contribution in [2.24, 2.45) is 0 Å². The first-order valence-electron chi connectivity index (χ1n) is 11.9. The van der Waals surface area contributed by atoms with Gasteiger partial charge in [0, 0.05) is 18.8 Å². The highest BCUT2D eigenvalue weighted by molar-refractivity contribution is 7.99. The minimum atomic E-state index is -0.173. The van der Waals surface area contributed by atoms with Crippen molar-refractivity contribution in [3.05, 3.63) is 70.0 Å². The predicted octanol–water partition coefficient (Wildman–Crippen LogP) is 5.53. The topological polar surface area (TPSA) is 80.1 Å². The van der Waals surface area contributed by atoms with Crippen LogP contribution in [0.2, 0.25) is 5.02 Å². The van der Waals surface area contributed by atoms with Gasteiger partial charge in [0.15, 0.2) is 11.0 Å². The van der Waals surface area contributed by atoms with Gasteiger partial charge in [-0.25, -0.2) is 0 Å². The van der Waals surface area contributed by atoms with E-state index in [1.807, 2.05) is 53.6 Å². The van der Waals surface area contributed by atoms with Crippen molar-refractivity contribution in [2.45, 2.75) is 57.8 Å². The first-order chi connectivity index (χ1) is 16.9. The van der Waals surface area contributed by atoms with Crippen molar-refractivity contribution in [2.75, 3.05) is 17.6 Å². The van der Waals surface area contributed by atoms with Gasteiger partial charge in [-0.2, -0.15) is 0 Å². The van der Waals surface area contributed by atoms with E-state index < -0.39 is 0 Å². The van der Waals surface area contributed by atoms with Crippen LogP contribution < -0.4 is 5.32 Å². The molecule has 0 aliphatic carbocycles. The van der Waals surface area contributed by atoms with Gasteiger partial charge in [-0.05, 0) is 56.4 Å². The fraction of sp³-hybridized carbons (Fsp3) is 0.385. The second kappa shape index (κ2) is 11.3. The molecular formula is C26H30ClN5O2S. The van der Waals surface area contributed by atoms with Crippen LogP contribution in [0, 0.1) is 6.92 Å². The van der Waals surface area contributed by atoms with Gasteiger partial charge in [0.05, 0.1) is 22.4 Å². The third-order valence-electron chi connectivity index (χ3n) is 6.31. The maximum atomic E-state index is 13.3. The summed E-state index contributed by atoms with van der Waals surface area (Å²) in [4.78, 5) is 27.8. The molecule has 184 valence electrons. The summed E-state index contributed by atoms with van der Waals surface area (Å²) in [6, 6.07) is 13.0. The molecular weight excluding hydrogens is 482 g/mol. The van der Waals surface area contributed by atoms with Crippen molar-refractivity contribution < 1.29 is 9.59 Å². The molecule has 1 aliphatic heterocycles. The van der Waals surface area contributed by atoms with E-state index in [9.17, 15) is 9.59 Å². The zero-order valence-electron chi connectivity index (χ0n) is 20.3. The van der Waals surface area contributed by atoms with Crippen molar-refractivity contribution in [3.63, 3.8) is 0 Å². The van der Waals surface area contributed by atoms with E-state index in [4.69, 9.17) is 11.6 Å². The number of thioether (sulfide) groups is 1. The van der Waals surface area contributed by atoms with Gasteiger partial charge in [-0.15, -0.1) is 10.2 Å². The summed E-state index contributed by atoms with van der Waals surface area (Å²) in [6.07, 6.45) is 2.55. The Labute approximate surface area is 215 Å². The largest absolute Gasteiger partial charge is 0.328 e. The second-order valence-electron chi connectivity index (χ2n) is 8.52. The predicted molar refractivity (Wildman–Crippen MR) is 140 cm³/mol. The molecule has 0 radical (unpaired) electrons. The summed E-state index contributed by atoms with van der Waals surface area (Å²) in [6.45, 7) is 7.39. The third-order valence-corrected chi connectivity index (χ3v) is 7.61. The van der Waals surface area contributed by atoms with Crippen LogP contribution in [0.25, 0.3) is 0 Å². The van der Waals surface area contributed by atoms with Crippen LogP contribution in [-0.4, -0.2) is 43.8 Å². The fourth-order valence-corrected chi connectivity index (χ4v) is 5.55. The number of likely N-dealkylation sites (tertiary alicyclic amines) is 1. The maximum Gasteiger partial charge on any atom is 0.255 e. The summed E-state index contributed by atoms with van der Waals surface area (Å²) >= 11 is 7.65. The number of hydrogen-bond acceptors (Lipinski definition) is 5. The monoisotopic (exact) mass is 511 g/mol. The van der Waals surface area contributed by atoms with E-state index in [-0.39, 0.29) is 23.6 Å². The lowest BCUT2D eigenvalue weighted by atomic mass is 10.1. The van der Waals surface area contributed by atoms with E-state index in [1.54, 1.807) is 12.1 Å². The molecule has 2 aromatic carbocycles. The summed E-state index contributed by atoms with van der Waals surface area (Å²) in [5, 5.41) is 13.0. The molecule has 0 saturated carbocycles. The number of para-hydroxylation sites is 1. The van der Waals surface area contributed by atoms with Gasteiger partial charge in [0.25, 0.3) is 5.91 Å². The Hall–Kier alpha value is -2.84. The number of rotatable bonds is 8. The minimum absolute atomic E-state index is 0.0809. The average Bonchev–Trinajstić information content (AvgIpc) is 3.50. The SMILES string of the molecule is CCc1cccc(C)c1NC(=O)CSc1nnc(C2CCCN2C(=O)c2ccccc2Cl)n1CC. The highest BCUT2D eigenvalue weighted by Crippen LogP contribution is 2.35. The molecule has 35 heavy (non-hydrogen) atoms. The number of benzene rings is 2. The van der Waals surface area contributed by atoms with Crippen LogP contribution in [0.15, 0.2) is 47.6 Å². The number of hydrogen-bond donors (Lipinski definition) is 1. The average molecular weight is 512 g/mol. The lowest BCUT2D eigenvalue weighted by Gasteiger charge is -2.25. The summed E-state index contributed by atoms with van der Waals surface area (Å²) in [5.41, 5.74) is 3.55. The van der Waals surface area contributed by atoms with Gasteiger partial charge in [0.1, 0.15) is 0 Å². The van der Waals surface area contributed by atoms with Crippen LogP contribution in [0.4, 0.5) is 5.69 Å². The van der Waals surface area contributed by atoms with Gasteiger partial charge in [0.2, 0.25) is 5.91 Å². The van der Waals surface area contributed by atoms with Crippen LogP contribution in [0.1, 0.15) is 60.0 Å². The maximum absolute atomic E-state index is 13.3. The van der Waals surface area contributed by atoms with Crippen molar-refractivity contribution in [3.8, 4) is 0 Å². The van der Waals surface area contributed by atoms with E-state index >= 15 is 0 Å². The Kier molecular flexibility index (Phi) is 8.13. The number of amides is 2. The molecule has 0 bridgehead atoms. The van der Waals surface area contributed by atoms with Gasteiger partial charge in [-0.3, -0.25) is 9.59 Å². The Bertz CT molecular complexity index is 1230. The van der Waals surface area contributed by atoms with Crippen molar-refractivity contribution >= 4 is 40.9 Å². The Morgan fingerprint density at radius 3 is 2.69 bits per heavy atom. The molecule has 9 heteroatoms. The van der Waals surface area contributed by atoms with E-state index in [0.29, 0.717) is 28.8 Å². The molecule has 7 nitrogen and oxygen atoms in total. The van der Waals surface area contributed by atoms with Crippen LogP contribution in [-0.2, 0) is 17.8 Å². The highest BCUT2D eigenvalue weighted by Gasteiger charge is 2.35. The zero-order valence-corrected chi connectivity index (χ0v) is 21.8. The lowest BCUT2D eigenvalue weighted by molar-refractivity contribution is -0.113.